The van der Waals surface area contributed by atoms with E-state index in [0.717, 1.165) is 43.9 Å². The Kier molecular flexibility index (Phi) is 8.31. The van der Waals surface area contributed by atoms with E-state index in [0.29, 0.717) is 18.4 Å². The summed E-state index contributed by atoms with van der Waals surface area (Å²) in [5.74, 6) is 1.26. The molecule has 0 radical (unpaired) electrons. The molecule has 1 saturated carbocycles. The van der Waals surface area contributed by atoms with Gasteiger partial charge in [0.05, 0.1) is 6.61 Å². The van der Waals surface area contributed by atoms with Gasteiger partial charge in [-0.1, -0.05) is 25.0 Å². The van der Waals surface area contributed by atoms with E-state index in [-0.39, 0.29) is 11.9 Å². The van der Waals surface area contributed by atoms with Crippen molar-refractivity contribution in [3.63, 3.8) is 0 Å². The molecular weight excluding hydrogens is 350 g/mol. The highest BCUT2D eigenvalue weighted by Crippen LogP contribution is 2.27. The molecular formula is C23H37N3O2. The number of ether oxygens (including phenoxy) is 1. The van der Waals surface area contributed by atoms with Crippen LogP contribution in [0.4, 0.5) is 0 Å². The average Bonchev–Trinajstić information content (AvgIpc) is 2.74. The minimum atomic E-state index is 0.0494. The molecule has 0 aromatic heterocycles. The third-order valence-electron chi connectivity index (χ3n) is 6.33. The molecule has 3 N–H and O–H groups in total. The molecule has 1 amide bonds. The Hall–Kier alpha value is -1.43. The third-order valence-corrected chi connectivity index (χ3v) is 6.33. The summed E-state index contributed by atoms with van der Waals surface area (Å²) in [4.78, 5) is 15.4. The van der Waals surface area contributed by atoms with E-state index in [2.05, 4.69) is 17.1 Å². The Morgan fingerprint density at radius 1 is 1.18 bits per heavy atom. The first-order valence-corrected chi connectivity index (χ1v) is 11.1. The van der Waals surface area contributed by atoms with Crippen molar-refractivity contribution in [1.29, 1.82) is 0 Å². The Labute approximate surface area is 170 Å². The number of piperidine rings is 1. The van der Waals surface area contributed by atoms with Crippen molar-refractivity contribution in [3.05, 3.63) is 35.4 Å². The molecule has 1 aliphatic carbocycles. The lowest BCUT2D eigenvalue weighted by Crippen LogP contribution is -2.48. The molecule has 2 aliphatic rings. The van der Waals surface area contributed by atoms with Crippen LogP contribution >= 0.6 is 0 Å². The molecule has 3 rings (SSSR count). The van der Waals surface area contributed by atoms with Gasteiger partial charge in [0.15, 0.2) is 0 Å². The topological polar surface area (TPSA) is 67.6 Å². The summed E-state index contributed by atoms with van der Waals surface area (Å²) in [6, 6.07) is 7.94. The zero-order valence-corrected chi connectivity index (χ0v) is 17.4. The van der Waals surface area contributed by atoms with E-state index in [1.807, 2.05) is 24.3 Å². The van der Waals surface area contributed by atoms with Crippen LogP contribution in [0.3, 0.4) is 0 Å². The molecule has 2 unspecified atom stereocenters. The third kappa shape index (κ3) is 6.03. The van der Waals surface area contributed by atoms with Gasteiger partial charge >= 0.3 is 0 Å². The van der Waals surface area contributed by atoms with Gasteiger partial charge in [0.25, 0.3) is 5.91 Å². The van der Waals surface area contributed by atoms with Crippen LogP contribution in [-0.2, 0) is 11.3 Å². The monoisotopic (exact) mass is 387 g/mol. The molecule has 5 heteroatoms. The summed E-state index contributed by atoms with van der Waals surface area (Å²) < 4.78 is 5.66. The van der Waals surface area contributed by atoms with Crippen molar-refractivity contribution < 1.29 is 9.53 Å². The number of likely N-dealkylation sites (tertiary alicyclic amines) is 1. The maximum Gasteiger partial charge on any atom is 0.251 e. The summed E-state index contributed by atoms with van der Waals surface area (Å²) >= 11 is 0. The molecule has 2 fully saturated rings. The molecule has 0 bridgehead atoms. The van der Waals surface area contributed by atoms with Gasteiger partial charge in [0, 0.05) is 37.8 Å². The lowest BCUT2D eigenvalue weighted by Gasteiger charge is -2.39. The second-order valence-electron chi connectivity index (χ2n) is 8.45. The van der Waals surface area contributed by atoms with Crippen molar-refractivity contribution in [1.82, 2.24) is 10.2 Å². The zero-order chi connectivity index (χ0) is 19.8. The predicted octanol–water partition coefficient (Wildman–Crippen LogP) is 3.18. The molecule has 1 saturated heterocycles. The van der Waals surface area contributed by atoms with Gasteiger partial charge in [0.2, 0.25) is 0 Å². The number of amides is 1. The van der Waals surface area contributed by atoms with Crippen molar-refractivity contribution in [2.24, 2.45) is 17.6 Å². The number of hydrogen-bond acceptors (Lipinski definition) is 4. The first-order valence-electron chi connectivity index (χ1n) is 11.1. The zero-order valence-electron chi connectivity index (χ0n) is 17.4. The molecule has 1 aliphatic heterocycles. The van der Waals surface area contributed by atoms with Crippen LogP contribution < -0.4 is 11.1 Å². The summed E-state index contributed by atoms with van der Waals surface area (Å²) in [5, 5.41) is 3.34. The average molecular weight is 388 g/mol. The van der Waals surface area contributed by atoms with E-state index in [1.54, 1.807) is 0 Å². The molecule has 3 atom stereocenters. The highest BCUT2D eigenvalue weighted by Gasteiger charge is 2.30. The maximum absolute atomic E-state index is 12.7. The van der Waals surface area contributed by atoms with E-state index in [4.69, 9.17) is 10.5 Å². The smallest absolute Gasteiger partial charge is 0.251 e. The lowest BCUT2D eigenvalue weighted by molar-refractivity contribution is 0.0548. The van der Waals surface area contributed by atoms with Crippen molar-refractivity contribution >= 4 is 5.91 Å². The van der Waals surface area contributed by atoms with Gasteiger partial charge in [-0.05, 0) is 68.7 Å². The fourth-order valence-corrected chi connectivity index (χ4v) is 4.73. The molecule has 1 aromatic carbocycles. The number of rotatable bonds is 8. The summed E-state index contributed by atoms with van der Waals surface area (Å²) in [7, 11) is 0. The summed E-state index contributed by atoms with van der Waals surface area (Å²) in [6.07, 6.45) is 7.32. The predicted molar refractivity (Wildman–Crippen MR) is 113 cm³/mol. The normalized spacial score (nSPS) is 26.1. The van der Waals surface area contributed by atoms with E-state index in [9.17, 15) is 4.79 Å². The lowest BCUT2D eigenvalue weighted by atomic mass is 9.83. The first-order chi connectivity index (χ1) is 13.7. The van der Waals surface area contributed by atoms with Gasteiger partial charge < -0.3 is 20.7 Å². The van der Waals surface area contributed by atoms with E-state index in [1.165, 1.54) is 38.6 Å². The second-order valence-corrected chi connectivity index (χ2v) is 8.45. The number of nitrogens with one attached hydrogen (secondary N) is 1. The minimum absolute atomic E-state index is 0.0494. The van der Waals surface area contributed by atoms with Crippen LogP contribution in [0, 0.1) is 11.8 Å². The van der Waals surface area contributed by atoms with Crippen LogP contribution in [0.1, 0.15) is 61.4 Å². The molecule has 1 aromatic rings. The number of nitrogens with two attached hydrogens (primary N) is 1. The van der Waals surface area contributed by atoms with E-state index >= 15 is 0 Å². The maximum atomic E-state index is 12.7. The fourth-order valence-electron chi connectivity index (χ4n) is 4.73. The van der Waals surface area contributed by atoms with Gasteiger partial charge in [-0.25, -0.2) is 0 Å². The SMILES string of the molecule is CCOCC1CCCN(C[C@@H]2CCCCC2NC(=O)c2ccc(CN)cc2)C1. The number of benzene rings is 1. The Balaban J connectivity index is 1.55. The van der Waals surface area contributed by atoms with Crippen LogP contribution in [0.15, 0.2) is 24.3 Å². The minimum Gasteiger partial charge on any atom is -0.381 e. The van der Waals surface area contributed by atoms with Gasteiger partial charge in [-0.3, -0.25) is 4.79 Å². The number of hydrogen-bond donors (Lipinski definition) is 2. The molecule has 5 nitrogen and oxygen atoms in total. The molecule has 28 heavy (non-hydrogen) atoms. The van der Waals surface area contributed by atoms with Crippen LogP contribution in [0.25, 0.3) is 0 Å². The summed E-state index contributed by atoms with van der Waals surface area (Å²) in [6.45, 7) is 7.68. The molecule has 1 heterocycles. The van der Waals surface area contributed by atoms with Crippen LogP contribution in [0.5, 0.6) is 0 Å². The van der Waals surface area contributed by atoms with Gasteiger partial charge in [-0.15, -0.1) is 0 Å². The summed E-state index contributed by atoms with van der Waals surface area (Å²) in [5.41, 5.74) is 7.44. The fraction of sp³-hybridized carbons (Fsp3) is 0.696. The molecule has 0 spiro atoms. The van der Waals surface area contributed by atoms with Crippen molar-refractivity contribution in [3.8, 4) is 0 Å². The van der Waals surface area contributed by atoms with Gasteiger partial charge in [-0.2, -0.15) is 0 Å². The van der Waals surface area contributed by atoms with Crippen molar-refractivity contribution in [2.45, 2.75) is 58.0 Å². The number of carbonyl (C=O) groups is 1. The van der Waals surface area contributed by atoms with E-state index < -0.39 is 0 Å². The first kappa shape index (κ1) is 21.3. The highest BCUT2D eigenvalue weighted by molar-refractivity contribution is 5.94. The highest BCUT2D eigenvalue weighted by atomic mass is 16.5. The standard InChI is InChI=1S/C23H37N3O2/c1-2-28-17-19-6-5-13-26(15-19)16-21-7-3-4-8-22(21)25-23(27)20-11-9-18(14-24)10-12-20/h9-12,19,21-22H,2-8,13-17,24H2,1H3,(H,25,27)/t19?,21-,22?/m0/s1. The van der Waals surface area contributed by atoms with Crippen molar-refractivity contribution in [2.75, 3.05) is 32.8 Å². The number of nitrogens with zero attached hydrogens (tertiary/aromatic N) is 1. The second kappa shape index (κ2) is 10.9. The van der Waals surface area contributed by atoms with Crippen LogP contribution in [0.2, 0.25) is 0 Å². The number of carbonyl (C=O) groups excluding carboxylic acids is 1. The van der Waals surface area contributed by atoms with Crippen LogP contribution in [-0.4, -0.2) is 49.7 Å². The van der Waals surface area contributed by atoms with Gasteiger partial charge in [0.1, 0.15) is 0 Å². The Morgan fingerprint density at radius 3 is 2.71 bits per heavy atom. The molecule has 156 valence electrons. The Morgan fingerprint density at radius 2 is 1.96 bits per heavy atom. The Bertz CT molecular complexity index is 604. The largest absolute Gasteiger partial charge is 0.381 e. The quantitative estimate of drug-likeness (QED) is 0.719.